The van der Waals surface area contributed by atoms with Gasteiger partial charge in [0, 0.05) is 20.6 Å². The number of hydrogen-bond donors (Lipinski definition) is 4. The molecule has 0 aromatic heterocycles. The molecule has 3 atom stereocenters. The number of benzene rings is 1. The zero-order valence-electron chi connectivity index (χ0n) is 28.8. The first-order valence-electron chi connectivity index (χ1n) is 17.0. The summed E-state index contributed by atoms with van der Waals surface area (Å²) in [5, 5.41) is 26.1. The Morgan fingerprint density at radius 2 is 1.49 bits per heavy atom. The number of allylic oxidation sites excluding steroid dienone is 1. The number of unbranched alkanes of at least 4 members (excludes halogenated alkanes) is 9. The molecule has 0 fully saturated rings. The first-order valence-corrected chi connectivity index (χ1v) is 18.8. The molecule has 0 spiro atoms. The third-order valence-corrected chi connectivity index (χ3v) is 9.83. The Morgan fingerprint density at radius 3 is 2.04 bits per heavy atom. The maximum atomic E-state index is 13.5. The molecule has 2 amide bonds. The van der Waals surface area contributed by atoms with Crippen LogP contribution in [0, 0.1) is 5.92 Å². The number of hydrogen-bond acceptors (Lipinski definition) is 8. The van der Waals surface area contributed by atoms with Crippen LogP contribution in [0.4, 0.5) is 0 Å². The number of nitrogens with one attached hydrogen (secondary N) is 2. The molecule has 1 aromatic rings. The van der Waals surface area contributed by atoms with Crippen molar-refractivity contribution in [1.29, 1.82) is 0 Å². The van der Waals surface area contributed by atoms with Crippen LogP contribution in [0.2, 0.25) is 0 Å². The van der Waals surface area contributed by atoms with Crippen LogP contribution in [0.5, 0.6) is 5.75 Å². The van der Waals surface area contributed by atoms with Crippen molar-refractivity contribution in [3.63, 3.8) is 0 Å². The average Bonchev–Trinajstić information content (AvgIpc) is 3.04. The number of carboxylic acid groups (broad SMARTS) is 1. The van der Waals surface area contributed by atoms with E-state index in [1.807, 2.05) is 0 Å². The number of rotatable bonds is 27. The normalized spacial score (nSPS) is 14.3. The lowest BCUT2D eigenvalue weighted by Gasteiger charge is -2.30. The molecule has 0 bridgehead atoms. The van der Waals surface area contributed by atoms with Crippen LogP contribution in [-0.4, -0.2) is 86.9 Å². The van der Waals surface area contributed by atoms with Crippen LogP contribution in [0.1, 0.15) is 96.5 Å². The highest BCUT2D eigenvalue weighted by Crippen LogP contribution is 2.23. The number of aliphatic carboxylic acids is 1. The third kappa shape index (κ3) is 16.6. The second-order valence-corrected chi connectivity index (χ2v) is 14.4. The number of aliphatic hydroxyl groups is 1. The highest BCUT2D eigenvalue weighted by Gasteiger charge is 2.47. The number of carbonyl (C=O) groups excluding carboxylic acids is 2. The molecule has 0 aliphatic carbocycles. The highest BCUT2D eigenvalue weighted by molar-refractivity contribution is 7.91. The van der Waals surface area contributed by atoms with Gasteiger partial charge in [0.2, 0.25) is 11.8 Å². The molecule has 12 heteroatoms. The van der Waals surface area contributed by atoms with Gasteiger partial charge >= 0.3 is 5.97 Å². The summed E-state index contributed by atoms with van der Waals surface area (Å²) in [6.07, 6.45) is 13.2. The quantitative estimate of drug-likeness (QED) is 0.0765. The Hall–Kier alpha value is -2.96. The molecule has 0 heterocycles. The number of carbonyl (C=O) groups is 3. The van der Waals surface area contributed by atoms with E-state index in [1.54, 1.807) is 30.3 Å². The molecule has 0 saturated heterocycles. The van der Waals surface area contributed by atoms with Crippen molar-refractivity contribution in [3.8, 4) is 5.75 Å². The SMILES string of the molecule is CCCCCCCS(=O)(=O)CCCCCCC=C[C@H](C(=O)N[C@@H](Cc1ccc(OCCCC)cc1)C(=O)NC)[C@@](O)(COC)C(=O)O. The lowest BCUT2D eigenvalue weighted by Crippen LogP contribution is -2.57. The van der Waals surface area contributed by atoms with Gasteiger partial charge in [-0.3, -0.25) is 9.59 Å². The molecule has 11 nitrogen and oxygen atoms in total. The fourth-order valence-corrected chi connectivity index (χ4v) is 6.59. The second-order valence-electron chi connectivity index (χ2n) is 12.1. The summed E-state index contributed by atoms with van der Waals surface area (Å²) in [6, 6.07) is 6.13. The molecule has 268 valence electrons. The van der Waals surface area contributed by atoms with Crippen LogP contribution in [-0.2, 0) is 35.4 Å². The molecule has 47 heavy (non-hydrogen) atoms. The van der Waals surface area contributed by atoms with Crippen molar-refractivity contribution < 1.29 is 42.5 Å². The van der Waals surface area contributed by atoms with E-state index in [1.165, 1.54) is 20.2 Å². The van der Waals surface area contributed by atoms with E-state index in [9.17, 15) is 33.0 Å². The molecular formula is C35H58N2O9S. The molecule has 0 saturated carbocycles. The van der Waals surface area contributed by atoms with Gasteiger partial charge in [0.25, 0.3) is 0 Å². The van der Waals surface area contributed by atoms with E-state index < -0.39 is 51.8 Å². The van der Waals surface area contributed by atoms with Crippen LogP contribution in [0.25, 0.3) is 0 Å². The van der Waals surface area contributed by atoms with E-state index in [0.29, 0.717) is 38.0 Å². The Labute approximate surface area is 281 Å². The zero-order chi connectivity index (χ0) is 35.1. The van der Waals surface area contributed by atoms with Crippen molar-refractivity contribution in [2.75, 3.05) is 38.9 Å². The van der Waals surface area contributed by atoms with E-state index >= 15 is 0 Å². The third-order valence-electron chi connectivity index (χ3n) is 8.00. The zero-order valence-corrected chi connectivity index (χ0v) is 29.6. The van der Waals surface area contributed by atoms with Crippen LogP contribution < -0.4 is 15.4 Å². The predicted octanol–water partition coefficient (Wildman–Crippen LogP) is 4.61. The smallest absolute Gasteiger partial charge is 0.339 e. The average molecular weight is 683 g/mol. The van der Waals surface area contributed by atoms with Crippen LogP contribution in [0.15, 0.2) is 36.4 Å². The summed E-state index contributed by atoms with van der Waals surface area (Å²) in [7, 11) is -0.388. The molecule has 4 N–H and O–H groups in total. The Balaban J connectivity index is 2.84. The number of sulfone groups is 1. The minimum atomic E-state index is -3.05. The predicted molar refractivity (Wildman–Crippen MR) is 184 cm³/mol. The Bertz CT molecular complexity index is 1190. The van der Waals surface area contributed by atoms with Crippen LogP contribution >= 0.6 is 0 Å². The van der Waals surface area contributed by atoms with Gasteiger partial charge in [0.15, 0.2) is 5.60 Å². The topological polar surface area (TPSA) is 168 Å². The van der Waals surface area contributed by atoms with Gasteiger partial charge < -0.3 is 30.3 Å². The van der Waals surface area contributed by atoms with Gasteiger partial charge in [0.1, 0.15) is 21.6 Å². The monoisotopic (exact) mass is 682 g/mol. The van der Waals surface area contributed by atoms with E-state index in [2.05, 4.69) is 24.5 Å². The summed E-state index contributed by atoms with van der Waals surface area (Å²) in [4.78, 5) is 38.4. The number of amides is 2. The Kier molecular flexibility index (Phi) is 20.9. The van der Waals surface area contributed by atoms with Crippen molar-refractivity contribution in [3.05, 3.63) is 42.0 Å². The van der Waals surface area contributed by atoms with Crippen molar-refractivity contribution >= 4 is 27.6 Å². The fraction of sp³-hybridized carbons (Fsp3) is 0.686. The lowest BCUT2D eigenvalue weighted by atomic mass is 9.86. The fourth-order valence-electron chi connectivity index (χ4n) is 5.10. The second kappa shape index (κ2) is 23.4. The van der Waals surface area contributed by atoms with E-state index in [0.717, 1.165) is 56.9 Å². The summed E-state index contributed by atoms with van der Waals surface area (Å²) < 4.78 is 35.2. The first-order chi connectivity index (χ1) is 22.4. The number of carboxylic acids is 1. The maximum Gasteiger partial charge on any atom is 0.339 e. The largest absolute Gasteiger partial charge is 0.494 e. The van der Waals surface area contributed by atoms with Gasteiger partial charge in [0.05, 0.1) is 30.6 Å². The Morgan fingerprint density at radius 1 is 0.894 bits per heavy atom. The standard InChI is InChI=1S/C35H58N2O9S/c1-5-7-9-13-16-24-47(43,44)25-17-14-11-10-12-15-18-30(35(42,27-45-4)34(40)41)32(38)37-31(33(39)36-3)26-28-19-21-29(22-20-28)46-23-8-6-2/h15,18-22,30-31,42H,5-14,16-17,23-27H2,1-4H3,(H,36,39)(H,37,38)(H,40,41)/t30-,31+,35+/m1/s1. The molecule has 0 aliphatic heterocycles. The summed E-state index contributed by atoms with van der Waals surface area (Å²) in [5.41, 5.74) is -1.83. The molecular weight excluding hydrogens is 624 g/mol. The summed E-state index contributed by atoms with van der Waals surface area (Å²) >= 11 is 0. The van der Waals surface area contributed by atoms with Gasteiger partial charge in [-0.25, -0.2) is 13.2 Å². The molecule has 1 aromatic carbocycles. The summed E-state index contributed by atoms with van der Waals surface area (Å²) in [6.45, 7) is 4.14. The lowest BCUT2D eigenvalue weighted by molar-refractivity contribution is -0.173. The molecule has 0 unspecified atom stereocenters. The van der Waals surface area contributed by atoms with Gasteiger partial charge in [-0.05, 0) is 49.8 Å². The molecule has 0 aliphatic rings. The van der Waals surface area contributed by atoms with Gasteiger partial charge in [-0.15, -0.1) is 0 Å². The first kappa shape index (κ1) is 42.1. The van der Waals surface area contributed by atoms with Crippen molar-refractivity contribution in [2.24, 2.45) is 5.92 Å². The molecule has 1 rings (SSSR count). The van der Waals surface area contributed by atoms with Crippen LogP contribution in [0.3, 0.4) is 0 Å². The summed E-state index contributed by atoms with van der Waals surface area (Å²) in [5.74, 6) is -3.40. The number of likely N-dealkylation sites (N-methyl/N-ethyl adjacent to an activating group) is 1. The van der Waals surface area contributed by atoms with Gasteiger partial charge in [-0.1, -0.05) is 83.1 Å². The van der Waals surface area contributed by atoms with E-state index in [4.69, 9.17) is 9.47 Å². The highest BCUT2D eigenvalue weighted by atomic mass is 32.2. The maximum absolute atomic E-state index is 13.5. The molecule has 0 radical (unpaired) electrons. The van der Waals surface area contributed by atoms with Gasteiger partial charge in [-0.2, -0.15) is 0 Å². The minimum Gasteiger partial charge on any atom is -0.494 e. The van der Waals surface area contributed by atoms with Crippen molar-refractivity contribution in [1.82, 2.24) is 10.6 Å². The number of methoxy groups -OCH3 is 1. The number of ether oxygens (including phenoxy) is 2. The minimum absolute atomic E-state index is 0.126. The van der Waals surface area contributed by atoms with Crippen molar-refractivity contribution in [2.45, 2.75) is 109 Å². The van der Waals surface area contributed by atoms with E-state index in [-0.39, 0.29) is 17.9 Å².